The Morgan fingerprint density at radius 2 is 2.06 bits per heavy atom. The lowest BCUT2D eigenvalue weighted by Crippen LogP contribution is -2.17. The number of hydrogen-bond donors (Lipinski definition) is 2. The van der Waals surface area contributed by atoms with Crippen molar-refractivity contribution in [3.05, 3.63) is 29.0 Å². The average molecular weight is 268 g/mol. The first-order valence-corrected chi connectivity index (χ1v) is 6.53. The summed E-state index contributed by atoms with van der Waals surface area (Å²) >= 11 is 5.57. The second kappa shape index (κ2) is 5.47. The minimum absolute atomic E-state index is 0.0722. The Kier molecular flexibility index (Phi) is 4.52. The highest BCUT2D eigenvalue weighted by Gasteiger charge is 2.10. The quantitative estimate of drug-likeness (QED) is 0.852. The molecule has 0 atom stereocenters. The number of aliphatic hydroxyl groups is 1. The fourth-order valence-corrected chi connectivity index (χ4v) is 2.41. The molecule has 1 rings (SSSR count). The van der Waals surface area contributed by atoms with Crippen LogP contribution >= 0.6 is 11.6 Å². The molecule has 1 aromatic rings. The van der Waals surface area contributed by atoms with E-state index in [0.29, 0.717) is 0 Å². The maximum absolute atomic E-state index is 12.9. The zero-order valence-electron chi connectivity index (χ0n) is 8.28. The van der Waals surface area contributed by atoms with Crippen LogP contribution in [0.1, 0.15) is 6.42 Å². The van der Waals surface area contributed by atoms with Crippen molar-refractivity contribution in [3.63, 3.8) is 0 Å². The van der Waals surface area contributed by atoms with Gasteiger partial charge in [-0.1, -0.05) is 11.6 Å². The number of halogens is 2. The summed E-state index contributed by atoms with van der Waals surface area (Å²) in [6.45, 7) is -0.217. The number of benzene rings is 1. The number of rotatable bonds is 5. The molecule has 0 saturated heterocycles. The van der Waals surface area contributed by atoms with Crippen molar-refractivity contribution >= 4 is 27.3 Å². The van der Waals surface area contributed by atoms with E-state index in [-0.39, 0.29) is 29.5 Å². The van der Waals surface area contributed by atoms with Gasteiger partial charge in [-0.05, 0) is 24.6 Å². The first-order chi connectivity index (χ1) is 7.43. The van der Waals surface area contributed by atoms with Crippen LogP contribution in [-0.2, 0) is 10.0 Å². The van der Waals surface area contributed by atoms with Gasteiger partial charge in [-0.15, -0.1) is 0 Å². The van der Waals surface area contributed by atoms with Crippen LogP contribution in [0, 0.1) is 5.82 Å². The molecule has 16 heavy (non-hydrogen) atoms. The molecule has 0 aliphatic heterocycles. The Morgan fingerprint density at radius 3 is 2.62 bits per heavy atom. The van der Waals surface area contributed by atoms with Crippen LogP contribution in [0.3, 0.4) is 0 Å². The molecule has 7 heteroatoms. The minimum Gasteiger partial charge on any atom is -0.396 e. The Morgan fingerprint density at radius 1 is 1.38 bits per heavy atom. The van der Waals surface area contributed by atoms with E-state index in [9.17, 15) is 12.8 Å². The molecule has 0 fully saturated rings. The van der Waals surface area contributed by atoms with E-state index in [4.69, 9.17) is 16.7 Å². The Balaban J connectivity index is 2.80. The Hall–Kier alpha value is -0.850. The van der Waals surface area contributed by atoms with Crippen molar-refractivity contribution in [1.29, 1.82) is 0 Å². The molecule has 0 bridgehead atoms. The lowest BCUT2D eigenvalue weighted by Gasteiger charge is -2.07. The molecular formula is C9H11ClFNO3S. The van der Waals surface area contributed by atoms with Crippen LogP contribution in [-0.4, -0.2) is 25.9 Å². The Bertz CT molecular complexity index is 444. The highest BCUT2D eigenvalue weighted by atomic mass is 35.5. The van der Waals surface area contributed by atoms with E-state index >= 15 is 0 Å². The highest BCUT2D eigenvalue weighted by molar-refractivity contribution is 7.92. The van der Waals surface area contributed by atoms with Crippen LogP contribution in [0.4, 0.5) is 10.1 Å². The third-order valence-electron chi connectivity index (χ3n) is 1.71. The lowest BCUT2D eigenvalue weighted by atomic mass is 10.3. The summed E-state index contributed by atoms with van der Waals surface area (Å²) in [5.74, 6) is -0.843. The topological polar surface area (TPSA) is 66.4 Å². The summed E-state index contributed by atoms with van der Waals surface area (Å²) < 4.78 is 37.9. The van der Waals surface area contributed by atoms with E-state index in [1.165, 1.54) is 6.07 Å². The minimum atomic E-state index is -3.57. The molecule has 0 unspecified atom stereocenters. The van der Waals surface area contributed by atoms with E-state index in [2.05, 4.69) is 4.72 Å². The molecule has 0 radical (unpaired) electrons. The molecule has 90 valence electrons. The number of sulfonamides is 1. The van der Waals surface area contributed by atoms with Crippen molar-refractivity contribution < 1.29 is 17.9 Å². The first-order valence-electron chi connectivity index (χ1n) is 4.50. The van der Waals surface area contributed by atoms with E-state index < -0.39 is 15.8 Å². The van der Waals surface area contributed by atoms with Crippen molar-refractivity contribution in [2.45, 2.75) is 6.42 Å². The third-order valence-corrected chi connectivity index (χ3v) is 3.30. The van der Waals surface area contributed by atoms with E-state index in [0.717, 1.165) is 12.1 Å². The number of nitrogens with one attached hydrogen (secondary N) is 1. The second-order valence-corrected chi connectivity index (χ2v) is 5.43. The number of anilines is 1. The predicted molar refractivity (Wildman–Crippen MR) is 60.5 cm³/mol. The molecule has 0 heterocycles. The zero-order valence-corrected chi connectivity index (χ0v) is 9.85. The van der Waals surface area contributed by atoms with Gasteiger partial charge in [0.25, 0.3) is 0 Å². The molecule has 0 saturated carbocycles. The Labute approximate surface area is 98.1 Å². The van der Waals surface area contributed by atoms with Gasteiger partial charge >= 0.3 is 0 Å². The second-order valence-electron chi connectivity index (χ2n) is 3.16. The van der Waals surface area contributed by atoms with Crippen molar-refractivity contribution in [3.8, 4) is 0 Å². The van der Waals surface area contributed by atoms with Crippen LogP contribution in [0.5, 0.6) is 0 Å². The van der Waals surface area contributed by atoms with Gasteiger partial charge in [0, 0.05) is 11.6 Å². The summed E-state index contributed by atoms with van der Waals surface area (Å²) in [6.07, 6.45) is 0.123. The number of aliphatic hydroxyl groups excluding tert-OH is 1. The van der Waals surface area contributed by atoms with Crippen LogP contribution < -0.4 is 4.72 Å². The lowest BCUT2D eigenvalue weighted by molar-refractivity contribution is 0.295. The van der Waals surface area contributed by atoms with Crippen LogP contribution in [0.15, 0.2) is 18.2 Å². The fraction of sp³-hybridized carbons (Fsp3) is 0.333. The van der Waals surface area contributed by atoms with Gasteiger partial charge in [-0.3, -0.25) is 4.72 Å². The van der Waals surface area contributed by atoms with Gasteiger partial charge in [-0.2, -0.15) is 0 Å². The molecule has 0 aliphatic rings. The average Bonchev–Trinajstić information content (AvgIpc) is 2.12. The zero-order chi connectivity index (χ0) is 12.2. The maximum Gasteiger partial charge on any atom is 0.232 e. The standard InChI is InChI=1S/C9H11ClFNO3S/c10-7-4-8(11)6-9(5-7)12-16(14,15)3-1-2-13/h4-6,12-13H,1-3H2. The summed E-state index contributed by atoms with van der Waals surface area (Å²) in [4.78, 5) is 0. The van der Waals surface area contributed by atoms with Gasteiger partial charge in [-0.25, -0.2) is 12.8 Å². The van der Waals surface area contributed by atoms with Crippen LogP contribution in [0.25, 0.3) is 0 Å². The van der Waals surface area contributed by atoms with Gasteiger partial charge in [0.2, 0.25) is 10.0 Å². The van der Waals surface area contributed by atoms with Crippen molar-refractivity contribution in [1.82, 2.24) is 0 Å². The molecule has 0 amide bonds. The van der Waals surface area contributed by atoms with Gasteiger partial charge < -0.3 is 5.11 Å². The molecule has 2 N–H and O–H groups in total. The van der Waals surface area contributed by atoms with Gasteiger partial charge in [0.05, 0.1) is 11.4 Å². The highest BCUT2D eigenvalue weighted by Crippen LogP contribution is 2.19. The molecule has 1 aromatic carbocycles. The summed E-state index contributed by atoms with van der Waals surface area (Å²) in [5.41, 5.74) is 0.0722. The normalized spacial score (nSPS) is 11.4. The van der Waals surface area contributed by atoms with E-state index in [1.54, 1.807) is 0 Å². The smallest absolute Gasteiger partial charge is 0.232 e. The van der Waals surface area contributed by atoms with E-state index in [1.807, 2.05) is 0 Å². The van der Waals surface area contributed by atoms with Crippen molar-refractivity contribution in [2.75, 3.05) is 17.1 Å². The molecule has 0 spiro atoms. The van der Waals surface area contributed by atoms with Gasteiger partial charge in [0.15, 0.2) is 0 Å². The fourth-order valence-electron chi connectivity index (χ4n) is 1.10. The third kappa shape index (κ3) is 4.34. The monoisotopic (exact) mass is 267 g/mol. The maximum atomic E-state index is 12.9. The summed E-state index contributed by atoms with van der Waals surface area (Å²) in [5, 5.41) is 8.62. The molecule has 0 aliphatic carbocycles. The first kappa shape index (κ1) is 13.2. The number of hydrogen-bond acceptors (Lipinski definition) is 3. The predicted octanol–water partition coefficient (Wildman–Crippen LogP) is 1.60. The SMILES string of the molecule is O=S(=O)(CCCO)Nc1cc(F)cc(Cl)c1. The summed E-state index contributed by atoms with van der Waals surface area (Å²) in [6, 6.07) is 3.41. The summed E-state index contributed by atoms with van der Waals surface area (Å²) in [7, 11) is -3.57. The largest absolute Gasteiger partial charge is 0.396 e. The van der Waals surface area contributed by atoms with Gasteiger partial charge in [0.1, 0.15) is 5.82 Å². The van der Waals surface area contributed by atoms with Crippen molar-refractivity contribution in [2.24, 2.45) is 0 Å². The van der Waals surface area contributed by atoms with Crippen LogP contribution in [0.2, 0.25) is 5.02 Å². The molecule has 0 aromatic heterocycles. The molecular weight excluding hydrogens is 257 g/mol. The molecule has 4 nitrogen and oxygen atoms in total.